The van der Waals surface area contributed by atoms with Crippen LogP contribution >= 0.6 is 0 Å². The highest BCUT2D eigenvalue weighted by Crippen LogP contribution is 2.26. The van der Waals surface area contributed by atoms with Crippen molar-refractivity contribution in [1.29, 1.82) is 0 Å². The second kappa shape index (κ2) is 6.32. The highest BCUT2D eigenvalue weighted by atomic mass is 16.4. The minimum Gasteiger partial charge on any atom is -0.476 e. The van der Waals surface area contributed by atoms with Gasteiger partial charge in [-0.1, -0.05) is 30.7 Å². The van der Waals surface area contributed by atoms with Crippen molar-refractivity contribution in [2.75, 3.05) is 13.1 Å². The Balaban J connectivity index is 1.92. The Labute approximate surface area is 130 Å². The molecule has 1 fully saturated rings. The molecule has 5 nitrogen and oxygen atoms in total. The van der Waals surface area contributed by atoms with Crippen LogP contribution in [0.4, 0.5) is 0 Å². The molecule has 1 aliphatic heterocycles. The number of aryl methyl sites for hydroxylation is 1. The Morgan fingerprint density at radius 1 is 1.23 bits per heavy atom. The molecule has 3 rings (SSSR count). The van der Waals surface area contributed by atoms with Gasteiger partial charge in [0.2, 0.25) is 0 Å². The molecule has 0 aliphatic carbocycles. The SMILES string of the molecule is Cn1nc(C(=O)O)cc1-c1ccccc1CN1CCCCC1. The predicted molar refractivity (Wildman–Crippen MR) is 84.7 cm³/mol. The summed E-state index contributed by atoms with van der Waals surface area (Å²) in [4.78, 5) is 13.6. The van der Waals surface area contributed by atoms with Crippen LogP contribution in [0.1, 0.15) is 35.3 Å². The number of aromatic carboxylic acids is 1. The molecule has 0 radical (unpaired) electrons. The quantitative estimate of drug-likeness (QED) is 0.943. The monoisotopic (exact) mass is 299 g/mol. The van der Waals surface area contributed by atoms with E-state index in [-0.39, 0.29) is 5.69 Å². The fourth-order valence-electron chi connectivity index (χ4n) is 3.09. The minimum absolute atomic E-state index is 0.0882. The molecule has 0 saturated carbocycles. The highest BCUT2D eigenvalue weighted by Gasteiger charge is 2.17. The third-order valence-electron chi connectivity index (χ3n) is 4.23. The lowest BCUT2D eigenvalue weighted by molar-refractivity contribution is 0.0689. The summed E-state index contributed by atoms with van der Waals surface area (Å²) in [6.07, 6.45) is 3.84. The van der Waals surface area contributed by atoms with Crippen LogP contribution in [-0.4, -0.2) is 38.8 Å². The number of aromatic nitrogens is 2. The Hall–Kier alpha value is -2.14. The number of carbonyl (C=O) groups is 1. The van der Waals surface area contributed by atoms with Crippen molar-refractivity contribution in [1.82, 2.24) is 14.7 Å². The summed E-state index contributed by atoms with van der Waals surface area (Å²) in [5, 5.41) is 13.2. The van der Waals surface area contributed by atoms with Gasteiger partial charge in [0.05, 0.1) is 5.69 Å². The molecular formula is C17H21N3O2. The molecule has 2 heterocycles. The second-order valence-corrected chi connectivity index (χ2v) is 5.84. The van der Waals surface area contributed by atoms with Crippen molar-refractivity contribution in [2.24, 2.45) is 7.05 Å². The molecule has 5 heteroatoms. The number of likely N-dealkylation sites (tertiary alicyclic amines) is 1. The molecule has 0 amide bonds. The first-order chi connectivity index (χ1) is 10.6. The smallest absolute Gasteiger partial charge is 0.356 e. The fourth-order valence-corrected chi connectivity index (χ4v) is 3.09. The van der Waals surface area contributed by atoms with E-state index in [1.807, 2.05) is 18.2 Å². The summed E-state index contributed by atoms with van der Waals surface area (Å²) in [5.74, 6) is -0.990. The Morgan fingerprint density at radius 3 is 2.64 bits per heavy atom. The largest absolute Gasteiger partial charge is 0.476 e. The Kier molecular flexibility index (Phi) is 4.24. The van der Waals surface area contributed by atoms with E-state index >= 15 is 0 Å². The lowest BCUT2D eigenvalue weighted by atomic mass is 10.0. The molecule has 1 aromatic heterocycles. The van der Waals surface area contributed by atoms with Crippen LogP contribution in [0.2, 0.25) is 0 Å². The second-order valence-electron chi connectivity index (χ2n) is 5.84. The summed E-state index contributed by atoms with van der Waals surface area (Å²) in [6, 6.07) is 9.84. The van der Waals surface area contributed by atoms with Gasteiger partial charge in [-0.05, 0) is 37.6 Å². The zero-order valence-electron chi connectivity index (χ0n) is 12.8. The van der Waals surface area contributed by atoms with Crippen molar-refractivity contribution in [2.45, 2.75) is 25.8 Å². The molecule has 116 valence electrons. The molecule has 1 saturated heterocycles. The van der Waals surface area contributed by atoms with Crippen molar-refractivity contribution >= 4 is 5.97 Å². The van der Waals surface area contributed by atoms with Gasteiger partial charge in [0.15, 0.2) is 5.69 Å². The number of carboxylic acid groups (broad SMARTS) is 1. The molecular weight excluding hydrogens is 278 g/mol. The molecule has 2 aromatic rings. The minimum atomic E-state index is -0.990. The fraction of sp³-hybridized carbons (Fsp3) is 0.412. The van der Waals surface area contributed by atoms with Gasteiger partial charge in [-0.25, -0.2) is 4.79 Å². The van der Waals surface area contributed by atoms with E-state index in [9.17, 15) is 4.79 Å². The van der Waals surface area contributed by atoms with Crippen LogP contribution in [0.25, 0.3) is 11.3 Å². The van der Waals surface area contributed by atoms with Crippen molar-refractivity contribution in [3.63, 3.8) is 0 Å². The first kappa shape index (κ1) is 14.8. The van der Waals surface area contributed by atoms with E-state index in [4.69, 9.17) is 5.11 Å². The van der Waals surface area contributed by atoms with Gasteiger partial charge in [-0.2, -0.15) is 5.10 Å². The van der Waals surface area contributed by atoms with Gasteiger partial charge < -0.3 is 5.11 Å². The van der Waals surface area contributed by atoms with E-state index in [2.05, 4.69) is 16.1 Å². The number of piperidine rings is 1. The van der Waals surface area contributed by atoms with E-state index in [1.54, 1.807) is 17.8 Å². The molecule has 0 atom stereocenters. The van der Waals surface area contributed by atoms with E-state index in [0.717, 1.165) is 30.9 Å². The van der Waals surface area contributed by atoms with Crippen LogP contribution in [-0.2, 0) is 13.6 Å². The first-order valence-electron chi connectivity index (χ1n) is 7.73. The number of benzene rings is 1. The maximum atomic E-state index is 11.1. The van der Waals surface area contributed by atoms with Crippen LogP contribution < -0.4 is 0 Å². The Morgan fingerprint density at radius 2 is 1.95 bits per heavy atom. The van der Waals surface area contributed by atoms with E-state index < -0.39 is 5.97 Å². The van der Waals surface area contributed by atoms with Crippen LogP contribution in [0, 0.1) is 0 Å². The van der Waals surface area contributed by atoms with Gasteiger partial charge >= 0.3 is 5.97 Å². The van der Waals surface area contributed by atoms with Crippen molar-refractivity contribution in [3.8, 4) is 11.3 Å². The maximum absolute atomic E-state index is 11.1. The molecule has 0 spiro atoms. The summed E-state index contributed by atoms with van der Waals surface area (Å²) in [5.41, 5.74) is 3.23. The van der Waals surface area contributed by atoms with Crippen LogP contribution in [0.5, 0.6) is 0 Å². The van der Waals surface area contributed by atoms with Crippen molar-refractivity contribution < 1.29 is 9.90 Å². The first-order valence-corrected chi connectivity index (χ1v) is 7.73. The summed E-state index contributed by atoms with van der Waals surface area (Å²) in [6.45, 7) is 3.18. The van der Waals surface area contributed by atoms with E-state index in [0.29, 0.717) is 0 Å². The van der Waals surface area contributed by atoms with Gasteiger partial charge in [0.1, 0.15) is 0 Å². The van der Waals surface area contributed by atoms with Crippen LogP contribution in [0.15, 0.2) is 30.3 Å². The predicted octanol–water partition coefficient (Wildman–Crippen LogP) is 2.77. The summed E-state index contributed by atoms with van der Waals surface area (Å²) >= 11 is 0. The standard InChI is InChI=1S/C17H21N3O2/c1-19-16(11-15(18-19)17(21)22)14-8-4-3-7-13(14)12-20-9-5-2-6-10-20/h3-4,7-8,11H,2,5-6,9-10,12H2,1H3,(H,21,22). The lowest BCUT2D eigenvalue weighted by Gasteiger charge is -2.27. The number of rotatable bonds is 4. The summed E-state index contributed by atoms with van der Waals surface area (Å²) < 4.78 is 1.65. The average Bonchev–Trinajstić information content (AvgIpc) is 2.91. The molecule has 1 N–H and O–H groups in total. The molecule has 1 aromatic carbocycles. The molecule has 1 aliphatic rings. The van der Waals surface area contributed by atoms with Crippen LogP contribution in [0.3, 0.4) is 0 Å². The number of hydrogen-bond acceptors (Lipinski definition) is 3. The topological polar surface area (TPSA) is 58.4 Å². The third kappa shape index (κ3) is 3.04. The highest BCUT2D eigenvalue weighted by molar-refractivity contribution is 5.87. The zero-order valence-corrected chi connectivity index (χ0v) is 12.8. The molecule has 22 heavy (non-hydrogen) atoms. The number of hydrogen-bond donors (Lipinski definition) is 1. The third-order valence-corrected chi connectivity index (χ3v) is 4.23. The zero-order chi connectivity index (χ0) is 15.5. The van der Waals surface area contributed by atoms with Gasteiger partial charge in [-0.15, -0.1) is 0 Å². The maximum Gasteiger partial charge on any atom is 0.356 e. The van der Waals surface area contributed by atoms with Crippen molar-refractivity contribution in [3.05, 3.63) is 41.6 Å². The molecule has 0 bridgehead atoms. The molecule has 0 unspecified atom stereocenters. The Bertz CT molecular complexity index is 672. The van der Waals surface area contributed by atoms with Gasteiger partial charge in [-0.3, -0.25) is 9.58 Å². The lowest BCUT2D eigenvalue weighted by Crippen LogP contribution is -2.29. The van der Waals surface area contributed by atoms with E-state index in [1.165, 1.54) is 24.8 Å². The number of carboxylic acids is 1. The number of nitrogens with zero attached hydrogens (tertiary/aromatic N) is 3. The van der Waals surface area contributed by atoms with Gasteiger partial charge in [0, 0.05) is 19.2 Å². The summed E-state index contributed by atoms with van der Waals surface area (Å²) in [7, 11) is 1.79. The average molecular weight is 299 g/mol. The normalized spacial score (nSPS) is 15.9. The van der Waals surface area contributed by atoms with Gasteiger partial charge in [0.25, 0.3) is 0 Å².